The van der Waals surface area contributed by atoms with E-state index in [2.05, 4.69) is 10.2 Å². The van der Waals surface area contributed by atoms with Crippen LogP contribution in [0.15, 0.2) is 18.2 Å². The van der Waals surface area contributed by atoms with E-state index >= 15 is 0 Å². The van der Waals surface area contributed by atoms with E-state index in [-0.39, 0.29) is 12.4 Å². The van der Waals surface area contributed by atoms with E-state index in [0.717, 1.165) is 37.8 Å². The lowest BCUT2D eigenvalue weighted by molar-refractivity contribution is 0.304. The molecular weight excluding hydrogens is 258 g/mol. The lowest BCUT2D eigenvalue weighted by Gasteiger charge is -2.17. The van der Waals surface area contributed by atoms with Gasteiger partial charge >= 0.3 is 0 Å². The highest BCUT2D eigenvalue weighted by Crippen LogP contribution is 2.27. The molecule has 0 bridgehead atoms. The lowest BCUT2D eigenvalue weighted by Crippen LogP contribution is -2.25. The van der Waals surface area contributed by atoms with Crippen LogP contribution in [0, 0.1) is 23.5 Å². The fourth-order valence-corrected chi connectivity index (χ4v) is 3.04. The summed E-state index contributed by atoms with van der Waals surface area (Å²) in [6.45, 7) is 4.89. The molecule has 0 spiro atoms. The van der Waals surface area contributed by atoms with E-state index in [9.17, 15) is 8.78 Å². The fourth-order valence-electron chi connectivity index (χ4n) is 3.04. The van der Waals surface area contributed by atoms with E-state index in [1.54, 1.807) is 0 Å². The summed E-state index contributed by atoms with van der Waals surface area (Å²) in [4.78, 5) is 2.30. The van der Waals surface area contributed by atoms with Crippen LogP contribution in [0.3, 0.4) is 0 Å². The van der Waals surface area contributed by atoms with E-state index in [4.69, 9.17) is 0 Å². The summed E-state index contributed by atoms with van der Waals surface area (Å²) in [5.41, 5.74) is 0.732. The summed E-state index contributed by atoms with van der Waals surface area (Å²) in [5, 5.41) is 3.38. The molecule has 100 valence electrons. The SMILES string of the molecule is Cl.Fc1cc(F)cc(CN2C[C@H]3CNC[C@H]3C2)c1. The largest absolute Gasteiger partial charge is 0.316 e. The molecule has 1 N–H and O–H groups in total. The molecule has 0 unspecified atom stereocenters. The second-order valence-corrected chi connectivity index (χ2v) is 5.15. The molecule has 0 radical (unpaired) electrons. The second kappa shape index (κ2) is 5.51. The third kappa shape index (κ3) is 2.82. The van der Waals surface area contributed by atoms with Crippen molar-refractivity contribution in [2.75, 3.05) is 26.2 Å². The van der Waals surface area contributed by atoms with Crippen LogP contribution in [0.2, 0.25) is 0 Å². The second-order valence-electron chi connectivity index (χ2n) is 5.15. The number of rotatable bonds is 2. The van der Waals surface area contributed by atoms with Gasteiger partial charge in [0.25, 0.3) is 0 Å². The molecule has 2 atom stereocenters. The average molecular weight is 275 g/mol. The fraction of sp³-hybridized carbons (Fsp3) is 0.538. The molecule has 1 aromatic rings. The average Bonchev–Trinajstić information content (AvgIpc) is 2.75. The predicted molar refractivity (Wildman–Crippen MR) is 68.7 cm³/mol. The minimum atomic E-state index is -0.485. The highest BCUT2D eigenvalue weighted by Gasteiger charge is 2.35. The Balaban J connectivity index is 0.00000120. The summed E-state index contributed by atoms with van der Waals surface area (Å²) >= 11 is 0. The highest BCUT2D eigenvalue weighted by atomic mass is 35.5. The maximum absolute atomic E-state index is 13.1. The molecular formula is C13H17ClF2N2. The Labute approximate surface area is 112 Å². The van der Waals surface area contributed by atoms with Crippen molar-refractivity contribution < 1.29 is 8.78 Å². The van der Waals surface area contributed by atoms with Crippen molar-refractivity contribution in [1.29, 1.82) is 0 Å². The van der Waals surface area contributed by atoms with Crippen LogP contribution in [0.1, 0.15) is 5.56 Å². The Kier molecular flexibility index (Phi) is 4.20. The molecule has 0 aromatic heterocycles. The van der Waals surface area contributed by atoms with Gasteiger partial charge in [0.1, 0.15) is 11.6 Å². The Morgan fingerprint density at radius 1 is 1.06 bits per heavy atom. The predicted octanol–water partition coefficient (Wildman–Crippen LogP) is 2.04. The molecule has 2 aliphatic rings. The van der Waals surface area contributed by atoms with Gasteiger partial charge in [0.05, 0.1) is 0 Å². The molecule has 2 heterocycles. The summed E-state index contributed by atoms with van der Waals surface area (Å²) < 4.78 is 26.1. The minimum Gasteiger partial charge on any atom is -0.316 e. The van der Waals surface area contributed by atoms with Crippen molar-refractivity contribution in [2.45, 2.75) is 6.54 Å². The zero-order chi connectivity index (χ0) is 11.8. The smallest absolute Gasteiger partial charge is 0.126 e. The molecule has 0 amide bonds. The maximum Gasteiger partial charge on any atom is 0.126 e. The van der Waals surface area contributed by atoms with Gasteiger partial charge in [-0.15, -0.1) is 12.4 Å². The first-order valence-electron chi connectivity index (χ1n) is 6.09. The summed E-state index contributed by atoms with van der Waals surface area (Å²) in [5.74, 6) is 0.462. The summed E-state index contributed by atoms with van der Waals surface area (Å²) in [6.07, 6.45) is 0. The zero-order valence-corrected chi connectivity index (χ0v) is 10.9. The van der Waals surface area contributed by atoms with Gasteiger partial charge in [0.15, 0.2) is 0 Å². The number of hydrogen-bond donors (Lipinski definition) is 1. The van der Waals surface area contributed by atoms with Crippen LogP contribution in [-0.2, 0) is 6.54 Å². The molecule has 2 aliphatic heterocycles. The number of hydrogen-bond acceptors (Lipinski definition) is 2. The highest BCUT2D eigenvalue weighted by molar-refractivity contribution is 5.85. The molecule has 5 heteroatoms. The summed E-state index contributed by atoms with van der Waals surface area (Å²) in [7, 11) is 0. The Morgan fingerprint density at radius 3 is 2.17 bits per heavy atom. The van der Waals surface area contributed by atoms with Gasteiger partial charge in [-0.2, -0.15) is 0 Å². The molecule has 0 saturated carbocycles. The van der Waals surface area contributed by atoms with Crippen molar-refractivity contribution in [3.63, 3.8) is 0 Å². The van der Waals surface area contributed by atoms with Crippen molar-refractivity contribution in [3.8, 4) is 0 Å². The van der Waals surface area contributed by atoms with Crippen molar-refractivity contribution in [2.24, 2.45) is 11.8 Å². The number of likely N-dealkylation sites (tertiary alicyclic amines) is 1. The van der Waals surface area contributed by atoms with Crippen molar-refractivity contribution in [3.05, 3.63) is 35.4 Å². The van der Waals surface area contributed by atoms with E-state index in [0.29, 0.717) is 18.4 Å². The number of nitrogens with zero attached hydrogens (tertiary/aromatic N) is 1. The molecule has 2 fully saturated rings. The van der Waals surface area contributed by atoms with E-state index < -0.39 is 11.6 Å². The standard InChI is InChI=1S/C13H16F2N2.ClH/c14-12-1-9(2-13(15)3-12)6-17-7-10-4-16-5-11(10)8-17;/h1-3,10-11,16H,4-8H2;1H/t10-,11+;. The number of halogens is 3. The number of nitrogens with one attached hydrogen (secondary N) is 1. The summed E-state index contributed by atoms with van der Waals surface area (Å²) in [6, 6.07) is 3.77. The normalized spacial score (nSPS) is 27.0. The zero-order valence-electron chi connectivity index (χ0n) is 10.0. The Bertz CT molecular complexity index is 395. The molecule has 2 saturated heterocycles. The van der Waals surface area contributed by atoms with Crippen LogP contribution in [-0.4, -0.2) is 31.1 Å². The van der Waals surface area contributed by atoms with Crippen LogP contribution in [0.4, 0.5) is 8.78 Å². The molecule has 0 aliphatic carbocycles. The first kappa shape index (κ1) is 13.7. The topological polar surface area (TPSA) is 15.3 Å². The van der Waals surface area contributed by atoms with Gasteiger partial charge in [0.2, 0.25) is 0 Å². The van der Waals surface area contributed by atoms with E-state index in [1.807, 2.05) is 0 Å². The molecule has 18 heavy (non-hydrogen) atoms. The first-order chi connectivity index (χ1) is 8.20. The Hall–Kier alpha value is -0.710. The monoisotopic (exact) mass is 274 g/mol. The number of fused-ring (bicyclic) bond motifs is 1. The first-order valence-corrected chi connectivity index (χ1v) is 6.09. The van der Waals surface area contributed by atoms with E-state index in [1.165, 1.54) is 12.1 Å². The molecule has 2 nitrogen and oxygen atoms in total. The van der Waals surface area contributed by atoms with Crippen LogP contribution in [0.5, 0.6) is 0 Å². The van der Waals surface area contributed by atoms with Gasteiger partial charge in [-0.25, -0.2) is 8.78 Å². The molecule has 1 aromatic carbocycles. The van der Waals surface area contributed by atoms with Gasteiger partial charge in [0, 0.05) is 25.7 Å². The van der Waals surface area contributed by atoms with Crippen LogP contribution < -0.4 is 5.32 Å². The molecule has 3 rings (SSSR count). The maximum atomic E-state index is 13.1. The van der Waals surface area contributed by atoms with Crippen LogP contribution >= 0.6 is 12.4 Å². The van der Waals surface area contributed by atoms with Crippen LogP contribution in [0.25, 0.3) is 0 Å². The van der Waals surface area contributed by atoms with Crippen molar-refractivity contribution in [1.82, 2.24) is 10.2 Å². The van der Waals surface area contributed by atoms with Gasteiger partial charge < -0.3 is 5.32 Å². The third-order valence-electron chi connectivity index (χ3n) is 3.79. The number of benzene rings is 1. The van der Waals surface area contributed by atoms with Gasteiger partial charge in [-0.05, 0) is 42.6 Å². The van der Waals surface area contributed by atoms with Gasteiger partial charge in [-0.1, -0.05) is 0 Å². The quantitative estimate of drug-likeness (QED) is 0.888. The Morgan fingerprint density at radius 2 is 1.61 bits per heavy atom. The lowest BCUT2D eigenvalue weighted by atomic mass is 10.0. The van der Waals surface area contributed by atoms with Gasteiger partial charge in [-0.3, -0.25) is 4.90 Å². The van der Waals surface area contributed by atoms with Crippen molar-refractivity contribution >= 4 is 12.4 Å². The third-order valence-corrected chi connectivity index (χ3v) is 3.79. The minimum absolute atomic E-state index is 0.